The predicted molar refractivity (Wildman–Crippen MR) is 47.5 cm³/mol. The lowest BCUT2D eigenvalue weighted by molar-refractivity contribution is 0.144. The van der Waals surface area contributed by atoms with Crippen molar-refractivity contribution in [1.29, 1.82) is 0 Å². The Kier molecular flexibility index (Phi) is 1.39. The molecule has 11 heavy (non-hydrogen) atoms. The van der Waals surface area contributed by atoms with Crippen LogP contribution >= 0.6 is 0 Å². The van der Waals surface area contributed by atoms with Crippen LogP contribution in [0.4, 0.5) is 0 Å². The van der Waals surface area contributed by atoms with Gasteiger partial charge in [-0.25, -0.2) is 0 Å². The Morgan fingerprint density at radius 2 is 1.82 bits per heavy atom. The minimum absolute atomic E-state index is 0.488. The smallest absolute Gasteiger partial charge is 0.0147 e. The number of likely N-dealkylation sites (tertiary alicyclic amines) is 1. The minimum Gasteiger partial charge on any atom is -0.300 e. The molecular formula is C10H19N. The molecule has 1 saturated carbocycles. The Balaban J connectivity index is 2.07. The summed E-state index contributed by atoms with van der Waals surface area (Å²) in [5.41, 5.74) is 0.488. The van der Waals surface area contributed by atoms with Crippen molar-refractivity contribution in [2.45, 2.75) is 45.7 Å². The van der Waals surface area contributed by atoms with Crippen LogP contribution in [-0.2, 0) is 0 Å². The summed E-state index contributed by atoms with van der Waals surface area (Å²) in [4.78, 5) is 2.60. The summed E-state index contributed by atoms with van der Waals surface area (Å²) in [5, 5.41) is 0. The van der Waals surface area contributed by atoms with Gasteiger partial charge in [-0.15, -0.1) is 0 Å². The molecule has 2 rings (SSSR count). The summed E-state index contributed by atoms with van der Waals surface area (Å²) < 4.78 is 0. The summed E-state index contributed by atoms with van der Waals surface area (Å²) in [6.45, 7) is 7.08. The molecule has 0 amide bonds. The van der Waals surface area contributed by atoms with Crippen molar-refractivity contribution in [2.75, 3.05) is 7.05 Å². The standard InChI is InChI=1S/C10H19N/c1-10(2,3)9-6-7-5-8(7)11(9)4/h7-9H,5-6H2,1-4H3. The summed E-state index contributed by atoms with van der Waals surface area (Å²) in [6.07, 6.45) is 2.92. The van der Waals surface area contributed by atoms with Crippen LogP contribution in [0.25, 0.3) is 0 Å². The van der Waals surface area contributed by atoms with E-state index in [0.29, 0.717) is 5.41 Å². The van der Waals surface area contributed by atoms with E-state index in [9.17, 15) is 0 Å². The van der Waals surface area contributed by atoms with Gasteiger partial charge in [0.25, 0.3) is 0 Å². The maximum atomic E-state index is 2.60. The Morgan fingerprint density at radius 1 is 1.18 bits per heavy atom. The number of hydrogen-bond donors (Lipinski definition) is 0. The quantitative estimate of drug-likeness (QED) is 0.515. The van der Waals surface area contributed by atoms with Crippen LogP contribution in [0.15, 0.2) is 0 Å². The molecule has 3 atom stereocenters. The van der Waals surface area contributed by atoms with Crippen LogP contribution in [0.3, 0.4) is 0 Å². The number of nitrogens with zero attached hydrogens (tertiary/aromatic N) is 1. The summed E-state index contributed by atoms with van der Waals surface area (Å²) >= 11 is 0. The molecule has 1 aliphatic carbocycles. The van der Waals surface area contributed by atoms with Crippen LogP contribution in [0.1, 0.15) is 33.6 Å². The monoisotopic (exact) mass is 153 g/mol. The molecule has 1 saturated heterocycles. The van der Waals surface area contributed by atoms with E-state index in [0.717, 1.165) is 18.0 Å². The molecule has 1 nitrogen and oxygen atoms in total. The lowest BCUT2D eigenvalue weighted by atomic mass is 9.84. The second-order valence-electron chi connectivity index (χ2n) is 5.35. The highest BCUT2D eigenvalue weighted by Gasteiger charge is 2.52. The summed E-state index contributed by atoms with van der Waals surface area (Å²) in [5.74, 6) is 1.06. The van der Waals surface area contributed by atoms with Gasteiger partial charge in [0, 0.05) is 12.1 Å². The fourth-order valence-electron chi connectivity index (χ4n) is 2.63. The van der Waals surface area contributed by atoms with Gasteiger partial charge >= 0.3 is 0 Å². The van der Waals surface area contributed by atoms with Crippen LogP contribution in [0.5, 0.6) is 0 Å². The van der Waals surface area contributed by atoms with E-state index < -0.39 is 0 Å². The van der Waals surface area contributed by atoms with Gasteiger partial charge in [-0.1, -0.05) is 20.8 Å². The average molecular weight is 153 g/mol. The molecule has 0 aromatic rings. The highest BCUT2D eigenvalue weighted by molar-refractivity contribution is 5.06. The maximum Gasteiger partial charge on any atom is 0.0147 e. The first-order valence-electron chi connectivity index (χ1n) is 4.72. The van der Waals surface area contributed by atoms with E-state index in [1.165, 1.54) is 12.8 Å². The molecule has 0 aromatic heterocycles. The molecule has 3 unspecified atom stereocenters. The van der Waals surface area contributed by atoms with Gasteiger partial charge in [0.1, 0.15) is 0 Å². The summed E-state index contributed by atoms with van der Waals surface area (Å²) in [6, 6.07) is 1.80. The lowest BCUT2D eigenvalue weighted by Gasteiger charge is -2.34. The first-order chi connectivity index (χ1) is 5.00. The number of fused-ring (bicyclic) bond motifs is 1. The van der Waals surface area contributed by atoms with Gasteiger partial charge in [0.05, 0.1) is 0 Å². The molecule has 64 valence electrons. The van der Waals surface area contributed by atoms with Crippen molar-refractivity contribution in [3.8, 4) is 0 Å². The van der Waals surface area contributed by atoms with E-state index in [-0.39, 0.29) is 0 Å². The molecule has 0 aromatic carbocycles. The van der Waals surface area contributed by atoms with Crippen molar-refractivity contribution in [2.24, 2.45) is 11.3 Å². The minimum atomic E-state index is 0.488. The molecular weight excluding hydrogens is 134 g/mol. The number of hydrogen-bond acceptors (Lipinski definition) is 1. The summed E-state index contributed by atoms with van der Waals surface area (Å²) in [7, 11) is 2.30. The van der Waals surface area contributed by atoms with Crippen molar-refractivity contribution in [1.82, 2.24) is 4.90 Å². The van der Waals surface area contributed by atoms with Crippen molar-refractivity contribution in [3.63, 3.8) is 0 Å². The molecule has 1 aliphatic heterocycles. The zero-order chi connectivity index (χ0) is 8.22. The first kappa shape index (κ1) is 7.60. The number of rotatable bonds is 0. The molecule has 2 fully saturated rings. The third-order valence-electron chi connectivity index (χ3n) is 3.43. The maximum absolute atomic E-state index is 2.60. The third kappa shape index (κ3) is 1.10. The molecule has 0 bridgehead atoms. The molecule has 0 spiro atoms. The fraction of sp³-hybridized carbons (Fsp3) is 1.00. The Morgan fingerprint density at radius 3 is 2.09 bits per heavy atom. The fourth-order valence-corrected chi connectivity index (χ4v) is 2.63. The zero-order valence-corrected chi connectivity index (χ0v) is 8.09. The van der Waals surface area contributed by atoms with Gasteiger partial charge < -0.3 is 0 Å². The largest absolute Gasteiger partial charge is 0.300 e. The normalized spacial score (nSPS) is 44.2. The van der Waals surface area contributed by atoms with Gasteiger partial charge in [-0.3, -0.25) is 4.90 Å². The van der Waals surface area contributed by atoms with Gasteiger partial charge in [-0.05, 0) is 31.2 Å². The zero-order valence-electron chi connectivity index (χ0n) is 8.09. The predicted octanol–water partition coefficient (Wildman–Crippen LogP) is 2.13. The van der Waals surface area contributed by atoms with E-state index in [1.807, 2.05) is 0 Å². The molecule has 1 heteroatoms. The Hall–Kier alpha value is -0.0400. The molecule has 0 radical (unpaired) electrons. The van der Waals surface area contributed by atoms with Crippen LogP contribution in [0.2, 0.25) is 0 Å². The van der Waals surface area contributed by atoms with Crippen LogP contribution in [-0.4, -0.2) is 24.0 Å². The Labute approximate surface area is 69.8 Å². The molecule has 1 heterocycles. The number of piperidine rings is 1. The van der Waals surface area contributed by atoms with Gasteiger partial charge in [0.2, 0.25) is 0 Å². The second kappa shape index (κ2) is 2.01. The van der Waals surface area contributed by atoms with Gasteiger partial charge in [0.15, 0.2) is 0 Å². The third-order valence-corrected chi connectivity index (χ3v) is 3.43. The highest BCUT2D eigenvalue weighted by atomic mass is 15.2. The first-order valence-corrected chi connectivity index (χ1v) is 4.72. The lowest BCUT2D eigenvalue weighted by Crippen LogP contribution is -2.39. The van der Waals surface area contributed by atoms with Crippen LogP contribution < -0.4 is 0 Å². The van der Waals surface area contributed by atoms with Crippen LogP contribution in [0, 0.1) is 11.3 Å². The van der Waals surface area contributed by atoms with E-state index >= 15 is 0 Å². The molecule has 2 aliphatic rings. The topological polar surface area (TPSA) is 3.24 Å². The van der Waals surface area contributed by atoms with Crippen molar-refractivity contribution < 1.29 is 0 Å². The van der Waals surface area contributed by atoms with Crippen molar-refractivity contribution in [3.05, 3.63) is 0 Å². The van der Waals surface area contributed by atoms with E-state index in [4.69, 9.17) is 0 Å². The van der Waals surface area contributed by atoms with Crippen molar-refractivity contribution >= 4 is 0 Å². The van der Waals surface area contributed by atoms with E-state index in [2.05, 4.69) is 32.7 Å². The highest BCUT2D eigenvalue weighted by Crippen LogP contribution is 2.50. The van der Waals surface area contributed by atoms with E-state index in [1.54, 1.807) is 0 Å². The SMILES string of the molecule is CN1C2CC2CC1C(C)(C)C. The van der Waals surface area contributed by atoms with Gasteiger partial charge in [-0.2, -0.15) is 0 Å². The second-order valence-corrected chi connectivity index (χ2v) is 5.35. The average Bonchev–Trinajstić information content (AvgIpc) is 2.52. The Bertz CT molecular complexity index is 168. The molecule has 0 N–H and O–H groups in total.